The molecule has 0 aliphatic carbocycles. The molecule has 0 bridgehead atoms. The summed E-state index contributed by atoms with van der Waals surface area (Å²) >= 11 is 4.82. The number of hydrogen-bond acceptors (Lipinski definition) is 0. The topological polar surface area (TPSA) is 0 Å². The molecule has 0 saturated heterocycles. The van der Waals surface area contributed by atoms with Gasteiger partial charge in [-0.05, 0) is 0 Å². The van der Waals surface area contributed by atoms with Crippen molar-refractivity contribution in [3.8, 4) is 0 Å². The summed E-state index contributed by atoms with van der Waals surface area (Å²) in [6.07, 6.45) is 0. The van der Waals surface area contributed by atoms with Gasteiger partial charge in [0.25, 0.3) is 0 Å². The van der Waals surface area contributed by atoms with Crippen LogP contribution in [0.2, 0.25) is 0 Å². The van der Waals surface area contributed by atoms with Crippen molar-refractivity contribution in [2.75, 3.05) is 0 Å². The minimum atomic E-state index is 0. The van der Waals surface area contributed by atoms with Crippen LogP contribution >= 0.6 is 0 Å². The predicted octanol–water partition coefficient (Wildman–Crippen LogP) is -10.1. The van der Waals surface area contributed by atoms with Crippen LogP contribution in [0.4, 0.5) is 0 Å². The Hall–Kier alpha value is 8.27. The standard InChI is InChI=1S/2C.8Bi.2ClH.Zr.2H/h;;;;;;;;;;2*1H;;;/q;;;;;;;;;;;;+2;;/p-2. The molecule has 0 saturated carbocycles. The Morgan fingerprint density at radius 2 is 1.31 bits per heavy atom. The monoisotopic (exact) mass is 1860 g/mol. The van der Waals surface area contributed by atoms with Gasteiger partial charge in [-0.25, -0.2) is 0 Å². The van der Waals surface area contributed by atoms with E-state index in [0.717, 1.165) is 0 Å². The van der Waals surface area contributed by atoms with Gasteiger partial charge >= 0.3 is 145 Å². The van der Waals surface area contributed by atoms with Crippen molar-refractivity contribution in [1.29, 1.82) is 0 Å². The summed E-state index contributed by atoms with van der Waals surface area (Å²) in [5, 5.41) is 0. The van der Waals surface area contributed by atoms with Crippen molar-refractivity contribution >= 4 is 122 Å². The van der Waals surface area contributed by atoms with Crippen LogP contribution in [0.3, 0.4) is 0 Å². The zero-order chi connectivity index (χ0) is 7.52. The van der Waals surface area contributed by atoms with E-state index in [0.29, 0.717) is 148 Å². The zero-order valence-electron chi connectivity index (χ0n) is 5.94. The third kappa shape index (κ3) is 9.80. The molecule has 0 atom stereocenters. The molecular weight excluding hydrogens is 1860 g/mol. The molecule has 0 spiro atoms. The van der Waals surface area contributed by atoms with E-state index in [-0.39, 0.29) is 24.8 Å². The van der Waals surface area contributed by atoms with Crippen molar-refractivity contribution < 1.29 is 48.0 Å². The zero-order valence-corrected chi connectivity index (χ0v) is 38.5. The van der Waals surface area contributed by atoms with E-state index in [9.17, 15) is 0 Å². The fourth-order valence-corrected chi connectivity index (χ4v) is 1800. The van der Waals surface area contributed by atoms with Crippen LogP contribution in [-0.2, 0) is 23.2 Å². The van der Waals surface area contributed by atoms with Gasteiger partial charge in [0.1, 0.15) is 0 Å². The third-order valence-corrected chi connectivity index (χ3v) is 902. The summed E-state index contributed by atoms with van der Waals surface area (Å²) in [7, 11) is 0. The summed E-state index contributed by atoms with van der Waals surface area (Å²) in [6, 6.07) is 0. The molecule has 0 aromatic heterocycles. The Balaban J connectivity index is 0.000000720. The van der Waals surface area contributed by atoms with Gasteiger partial charge < -0.3 is 24.8 Å². The first kappa shape index (κ1) is 21.3. The molecule has 13 heavy (non-hydrogen) atoms. The summed E-state index contributed by atoms with van der Waals surface area (Å²) in [6.45, 7) is 0. The average Bonchev–Trinajstić information content (AvgIpc) is 2.60. The molecule has 2 heterocycles. The maximum atomic E-state index is 2.72. The van der Waals surface area contributed by atoms with Gasteiger partial charge in [0.05, 0.1) is 0 Å². The van der Waals surface area contributed by atoms with Crippen molar-refractivity contribution in [3.05, 3.63) is 0 Å². The van der Waals surface area contributed by atoms with Crippen LogP contribution in [0.1, 0.15) is 0 Å². The molecule has 68 valence electrons. The SMILES string of the molecule is [Cl-].[Cl-].[Zr+2]([C]1=[Bi][Bi]=[Bi][BiH]1)[C]1=[Bi][Bi]=[Bi][BiH]1. The van der Waals surface area contributed by atoms with Crippen molar-refractivity contribution in [2.45, 2.75) is 0 Å². The maximum absolute atomic E-state index is 2.72. The molecule has 0 fully saturated rings. The first-order chi connectivity index (χ1) is 5.45. The Kier molecular flexibility index (Phi) is 22.7. The number of halogens is 2. The van der Waals surface area contributed by atoms with Gasteiger partial charge in [0, 0.05) is 0 Å². The van der Waals surface area contributed by atoms with Gasteiger partial charge in [-0.3, -0.25) is 0 Å². The molecule has 11 heteroatoms. The Bertz CT molecular complexity index is 254. The van der Waals surface area contributed by atoms with Crippen molar-refractivity contribution in [3.63, 3.8) is 0 Å². The van der Waals surface area contributed by atoms with Crippen molar-refractivity contribution in [1.82, 2.24) is 0 Å². The first-order valence-corrected chi connectivity index (χ1v) is 107. The second-order valence-corrected chi connectivity index (χ2v) is 331. The van der Waals surface area contributed by atoms with Gasteiger partial charge in [0.2, 0.25) is 0 Å². The van der Waals surface area contributed by atoms with E-state index in [1.165, 1.54) is 0 Å². The summed E-state index contributed by atoms with van der Waals surface area (Å²) in [5.41, 5.74) is 0. The van der Waals surface area contributed by atoms with E-state index in [1.807, 2.05) is 0 Å². The summed E-state index contributed by atoms with van der Waals surface area (Å²) < 4.78 is 5.44. The Morgan fingerprint density at radius 1 is 0.846 bits per heavy atom. The molecule has 0 radical (unpaired) electrons. The molecule has 0 N–H and O–H groups in total. The van der Waals surface area contributed by atoms with Crippen LogP contribution in [0, 0.1) is 0 Å². The summed E-state index contributed by atoms with van der Waals surface area (Å²) in [5.74, 6) is 0. The van der Waals surface area contributed by atoms with E-state index >= 15 is 0 Å². The minimum absolute atomic E-state index is 0. The van der Waals surface area contributed by atoms with Crippen LogP contribution in [0.5, 0.6) is 0 Å². The second-order valence-electron chi connectivity index (χ2n) is 1.62. The van der Waals surface area contributed by atoms with E-state index in [1.54, 1.807) is 0 Å². The summed E-state index contributed by atoms with van der Waals surface area (Å²) in [4.78, 5) is 0. The molecule has 2 rings (SSSR count). The fraction of sp³-hybridized carbons (Fsp3) is 0. The van der Waals surface area contributed by atoms with E-state index in [4.69, 9.17) is 0 Å². The molecule has 2 aliphatic rings. The molecular formula is C2H2Bi8Cl2Zr. The number of hydrogen-bond donors (Lipinski definition) is 0. The fourth-order valence-electron chi connectivity index (χ4n) is 0.536. The van der Waals surface area contributed by atoms with Gasteiger partial charge in [-0.15, -0.1) is 0 Å². The van der Waals surface area contributed by atoms with Crippen molar-refractivity contribution in [2.24, 2.45) is 0 Å². The molecule has 0 amide bonds. The Morgan fingerprint density at radius 3 is 1.62 bits per heavy atom. The van der Waals surface area contributed by atoms with Gasteiger partial charge in [-0.1, -0.05) is 0 Å². The van der Waals surface area contributed by atoms with Gasteiger partial charge in [-0.2, -0.15) is 0 Å². The predicted molar refractivity (Wildman–Crippen MR) is 58.8 cm³/mol. The van der Waals surface area contributed by atoms with Crippen LogP contribution < -0.4 is 24.8 Å². The van der Waals surface area contributed by atoms with Crippen LogP contribution in [0.15, 0.2) is 0 Å². The third-order valence-electron chi connectivity index (χ3n) is 0.927. The normalized spacial score (nSPS) is 16.9. The van der Waals surface area contributed by atoms with Gasteiger partial charge in [0.15, 0.2) is 0 Å². The average molecular weight is 1860 g/mol. The quantitative estimate of drug-likeness (QED) is 0.242. The Labute approximate surface area is 162 Å². The molecule has 2 aliphatic heterocycles. The van der Waals surface area contributed by atoms with Crippen LogP contribution in [0.25, 0.3) is 0 Å². The molecule has 0 aromatic rings. The molecule has 0 nitrogen and oxygen atoms in total. The molecule has 0 unspecified atom stereocenters. The van der Waals surface area contributed by atoms with Crippen LogP contribution in [-0.4, -0.2) is 122 Å². The number of rotatable bonds is 2. The molecule has 0 aromatic carbocycles. The first-order valence-electron chi connectivity index (χ1n) is 2.69. The van der Waals surface area contributed by atoms with E-state index in [2.05, 4.69) is -2.76 Å². The van der Waals surface area contributed by atoms with E-state index < -0.39 is 0 Å². The second kappa shape index (κ2) is 13.9.